The molecule has 3 aromatic rings. The van der Waals surface area contributed by atoms with E-state index >= 15 is 0 Å². The third kappa shape index (κ3) is 4.08. The number of nitrogens with one attached hydrogen (secondary N) is 1. The first-order chi connectivity index (χ1) is 13.7. The Labute approximate surface area is 166 Å². The lowest BCUT2D eigenvalue weighted by molar-refractivity contribution is 0.0932. The van der Waals surface area contributed by atoms with Crippen LogP contribution >= 0.6 is 0 Å². The molecule has 0 saturated heterocycles. The zero-order valence-electron chi connectivity index (χ0n) is 16.5. The van der Waals surface area contributed by atoms with Crippen molar-refractivity contribution >= 4 is 16.9 Å². The van der Waals surface area contributed by atoms with Gasteiger partial charge in [-0.2, -0.15) is 0 Å². The minimum atomic E-state index is -0.187. The first-order valence-corrected chi connectivity index (χ1v) is 10.4. The van der Waals surface area contributed by atoms with Crippen LogP contribution in [0.5, 0.6) is 0 Å². The number of rotatable bonds is 6. The molecule has 2 aromatic heterocycles. The van der Waals surface area contributed by atoms with E-state index in [-0.39, 0.29) is 11.9 Å². The average molecular weight is 377 g/mol. The molecular formula is C23H28N4O. The SMILES string of the molecule is CC(NC(=O)c1ccccn1)c1nc2ccccc2n1CCC1CCCCC1. The van der Waals surface area contributed by atoms with Crippen LogP contribution in [0.4, 0.5) is 0 Å². The molecule has 0 bridgehead atoms. The van der Waals surface area contributed by atoms with Gasteiger partial charge in [0.2, 0.25) is 0 Å². The Balaban J connectivity index is 1.55. The second-order valence-corrected chi connectivity index (χ2v) is 7.81. The molecule has 5 nitrogen and oxygen atoms in total. The Morgan fingerprint density at radius 3 is 2.71 bits per heavy atom. The molecule has 1 unspecified atom stereocenters. The monoisotopic (exact) mass is 376 g/mol. The zero-order chi connectivity index (χ0) is 19.3. The van der Waals surface area contributed by atoms with Crippen LogP contribution in [0.2, 0.25) is 0 Å². The summed E-state index contributed by atoms with van der Waals surface area (Å²) in [6.45, 7) is 2.95. The van der Waals surface area contributed by atoms with Gasteiger partial charge < -0.3 is 9.88 Å². The maximum absolute atomic E-state index is 12.5. The summed E-state index contributed by atoms with van der Waals surface area (Å²) in [5.74, 6) is 1.56. The number of imidazole rings is 1. The van der Waals surface area contributed by atoms with E-state index in [1.165, 1.54) is 38.5 Å². The van der Waals surface area contributed by atoms with Gasteiger partial charge in [-0.15, -0.1) is 0 Å². The summed E-state index contributed by atoms with van der Waals surface area (Å²) in [5.41, 5.74) is 2.56. The number of aryl methyl sites for hydroxylation is 1. The Kier molecular flexibility index (Phi) is 5.70. The molecule has 1 saturated carbocycles. The molecule has 5 heteroatoms. The number of pyridine rings is 1. The normalized spacial score (nSPS) is 16.2. The quantitative estimate of drug-likeness (QED) is 0.666. The van der Waals surface area contributed by atoms with E-state index in [2.05, 4.69) is 27.0 Å². The van der Waals surface area contributed by atoms with E-state index in [0.717, 1.165) is 29.3 Å². The van der Waals surface area contributed by atoms with Crippen molar-refractivity contribution < 1.29 is 4.79 Å². The summed E-state index contributed by atoms with van der Waals surface area (Å²) < 4.78 is 2.30. The van der Waals surface area contributed by atoms with E-state index in [1.807, 2.05) is 31.2 Å². The van der Waals surface area contributed by atoms with Crippen molar-refractivity contribution in [1.29, 1.82) is 0 Å². The molecular weight excluding hydrogens is 348 g/mol. The molecule has 2 heterocycles. The van der Waals surface area contributed by atoms with Gasteiger partial charge in [-0.25, -0.2) is 4.98 Å². The Hall–Kier alpha value is -2.69. The van der Waals surface area contributed by atoms with Crippen molar-refractivity contribution in [1.82, 2.24) is 19.9 Å². The smallest absolute Gasteiger partial charge is 0.270 e. The van der Waals surface area contributed by atoms with Crippen LogP contribution in [0.15, 0.2) is 48.7 Å². The van der Waals surface area contributed by atoms with E-state index < -0.39 is 0 Å². The van der Waals surface area contributed by atoms with Gasteiger partial charge in [0.05, 0.1) is 17.1 Å². The van der Waals surface area contributed by atoms with Crippen molar-refractivity contribution in [3.05, 3.63) is 60.2 Å². The second kappa shape index (κ2) is 8.55. The number of carbonyl (C=O) groups excluding carboxylic acids is 1. The first-order valence-electron chi connectivity index (χ1n) is 10.4. The van der Waals surface area contributed by atoms with Gasteiger partial charge in [0.15, 0.2) is 0 Å². The van der Waals surface area contributed by atoms with Crippen molar-refractivity contribution in [2.45, 2.75) is 58.0 Å². The molecule has 1 aliphatic carbocycles. The highest BCUT2D eigenvalue weighted by Gasteiger charge is 2.21. The minimum Gasteiger partial charge on any atom is -0.341 e. The summed E-state index contributed by atoms with van der Waals surface area (Å²) in [5, 5.41) is 3.07. The summed E-state index contributed by atoms with van der Waals surface area (Å²) in [7, 11) is 0. The Morgan fingerprint density at radius 2 is 1.93 bits per heavy atom. The fourth-order valence-electron chi connectivity index (χ4n) is 4.28. The van der Waals surface area contributed by atoms with Crippen LogP contribution in [0, 0.1) is 5.92 Å². The number of fused-ring (bicyclic) bond motifs is 1. The van der Waals surface area contributed by atoms with Gasteiger partial charge in [-0.3, -0.25) is 9.78 Å². The predicted octanol–water partition coefficient (Wildman–Crippen LogP) is 4.89. The van der Waals surface area contributed by atoms with E-state index in [4.69, 9.17) is 4.98 Å². The Morgan fingerprint density at radius 1 is 1.14 bits per heavy atom. The van der Waals surface area contributed by atoms with E-state index in [1.54, 1.807) is 12.3 Å². The lowest BCUT2D eigenvalue weighted by Crippen LogP contribution is -2.29. The number of para-hydroxylation sites is 2. The van der Waals surface area contributed by atoms with Crippen molar-refractivity contribution in [3.8, 4) is 0 Å². The van der Waals surface area contributed by atoms with Crippen LogP contribution in [-0.2, 0) is 6.54 Å². The molecule has 1 amide bonds. The number of amides is 1. The second-order valence-electron chi connectivity index (χ2n) is 7.81. The molecule has 28 heavy (non-hydrogen) atoms. The summed E-state index contributed by atoms with van der Waals surface area (Å²) in [6, 6.07) is 13.4. The average Bonchev–Trinajstić information content (AvgIpc) is 3.12. The van der Waals surface area contributed by atoms with Crippen LogP contribution in [0.3, 0.4) is 0 Å². The van der Waals surface area contributed by atoms with Gasteiger partial charge in [0, 0.05) is 12.7 Å². The van der Waals surface area contributed by atoms with Crippen molar-refractivity contribution in [2.75, 3.05) is 0 Å². The molecule has 4 rings (SSSR count). The minimum absolute atomic E-state index is 0.168. The fraction of sp³-hybridized carbons (Fsp3) is 0.435. The molecule has 1 aliphatic rings. The van der Waals surface area contributed by atoms with E-state index in [0.29, 0.717) is 5.69 Å². The predicted molar refractivity (Wildman–Crippen MR) is 111 cm³/mol. The van der Waals surface area contributed by atoms with Gasteiger partial charge in [-0.05, 0) is 43.5 Å². The van der Waals surface area contributed by atoms with Gasteiger partial charge in [-0.1, -0.05) is 50.3 Å². The number of carbonyl (C=O) groups is 1. The molecule has 1 aromatic carbocycles. The first kappa shape index (κ1) is 18.7. The third-order valence-electron chi connectivity index (χ3n) is 5.80. The van der Waals surface area contributed by atoms with Gasteiger partial charge >= 0.3 is 0 Å². The summed E-state index contributed by atoms with van der Waals surface area (Å²) >= 11 is 0. The molecule has 0 aliphatic heterocycles. The highest BCUT2D eigenvalue weighted by atomic mass is 16.1. The largest absolute Gasteiger partial charge is 0.341 e. The fourth-order valence-corrected chi connectivity index (χ4v) is 4.28. The summed E-state index contributed by atoms with van der Waals surface area (Å²) in [4.78, 5) is 21.5. The molecule has 1 atom stereocenters. The number of hydrogen-bond donors (Lipinski definition) is 1. The maximum atomic E-state index is 12.5. The number of nitrogens with zero attached hydrogens (tertiary/aromatic N) is 3. The lowest BCUT2D eigenvalue weighted by Gasteiger charge is -2.23. The highest BCUT2D eigenvalue weighted by Crippen LogP contribution is 2.28. The Bertz CT molecular complexity index is 928. The topological polar surface area (TPSA) is 59.8 Å². The zero-order valence-corrected chi connectivity index (χ0v) is 16.5. The van der Waals surface area contributed by atoms with Crippen molar-refractivity contribution in [3.63, 3.8) is 0 Å². The van der Waals surface area contributed by atoms with Gasteiger partial charge in [0.1, 0.15) is 11.5 Å². The standard InChI is InChI=1S/C23H28N4O/c1-17(25-23(28)20-12-7-8-15-24-20)22-26-19-11-5-6-13-21(19)27(22)16-14-18-9-3-2-4-10-18/h5-8,11-13,15,17-18H,2-4,9-10,14,16H2,1H3,(H,25,28). The molecule has 146 valence electrons. The van der Waals surface area contributed by atoms with Crippen LogP contribution < -0.4 is 5.32 Å². The molecule has 1 fully saturated rings. The summed E-state index contributed by atoms with van der Waals surface area (Å²) in [6.07, 6.45) is 9.60. The lowest BCUT2D eigenvalue weighted by atomic mass is 9.87. The van der Waals surface area contributed by atoms with Crippen LogP contribution in [0.1, 0.15) is 67.8 Å². The van der Waals surface area contributed by atoms with E-state index in [9.17, 15) is 4.79 Å². The molecule has 0 radical (unpaired) electrons. The number of benzene rings is 1. The highest BCUT2D eigenvalue weighted by molar-refractivity contribution is 5.92. The van der Waals surface area contributed by atoms with Gasteiger partial charge in [0.25, 0.3) is 5.91 Å². The third-order valence-corrected chi connectivity index (χ3v) is 5.80. The molecule has 1 N–H and O–H groups in total. The van der Waals surface area contributed by atoms with Crippen LogP contribution in [-0.4, -0.2) is 20.4 Å². The number of aromatic nitrogens is 3. The van der Waals surface area contributed by atoms with Crippen molar-refractivity contribution in [2.24, 2.45) is 5.92 Å². The number of hydrogen-bond acceptors (Lipinski definition) is 3. The maximum Gasteiger partial charge on any atom is 0.270 e. The van der Waals surface area contributed by atoms with Crippen LogP contribution in [0.25, 0.3) is 11.0 Å². The molecule has 0 spiro atoms.